The summed E-state index contributed by atoms with van der Waals surface area (Å²) in [4.78, 5) is 38.1. The number of esters is 3. The van der Waals surface area contributed by atoms with E-state index in [1.165, 1.54) is 167 Å². The van der Waals surface area contributed by atoms with Crippen molar-refractivity contribution in [3.63, 3.8) is 0 Å². The highest BCUT2D eigenvalue weighted by atomic mass is 16.6. The summed E-state index contributed by atoms with van der Waals surface area (Å²) < 4.78 is 16.8. The molecule has 1 atom stereocenters. The van der Waals surface area contributed by atoms with E-state index in [4.69, 9.17) is 14.2 Å². The van der Waals surface area contributed by atoms with Crippen LogP contribution in [0.3, 0.4) is 0 Å². The maximum absolute atomic E-state index is 12.8. The van der Waals surface area contributed by atoms with Crippen molar-refractivity contribution in [2.24, 2.45) is 0 Å². The SMILES string of the molecule is CC\C=C/C=C\C=C/C=C\C=C/CCCCCC(=O)OCC(COC(=O)CCCCCCCCCCCCCCCCCC)OC(=O)CCCCCCCCCCCCCCCCCC. The van der Waals surface area contributed by atoms with Crippen LogP contribution in [0.1, 0.15) is 278 Å². The van der Waals surface area contributed by atoms with Gasteiger partial charge in [-0.05, 0) is 38.5 Å². The molecule has 6 nitrogen and oxygen atoms in total. The monoisotopic (exact) mass is 909 g/mol. The zero-order chi connectivity index (χ0) is 47.2. The predicted molar refractivity (Wildman–Crippen MR) is 279 cm³/mol. The van der Waals surface area contributed by atoms with Crippen molar-refractivity contribution >= 4 is 17.9 Å². The standard InChI is InChI=1S/C59H104O6/c1-4-7-10-13-16-19-22-25-28-31-34-37-40-43-46-49-52-58(61)64-55-56(54-63-57(60)51-48-45-42-39-36-33-30-27-24-21-18-15-12-9-6-3)65-59(62)53-50-47-44-41-38-35-32-29-26-23-20-17-14-11-8-5-2/h9,12,15,18,21,24,27,30,33,36,56H,4-8,10-11,13-14,16-17,19-20,22-23,25-26,28-29,31-32,34-35,37-55H2,1-3H3/b12-9-,18-15-,24-21-,30-27-,36-33-. The average Bonchev–Trinajstić information content (AvgIpc) is 3.30. The Bertz CT molecular complexity index is 1180. The minimum atomic E-state index is -0.788. The van der Waals surface area contributed by atoms with Crippen LogP contribution in [-0.4, -0.2) is 37.2 Å². The summed E-state index contributed by atoms with van der Waals surface area (Å²) in [7, 11) is 0. The maximum atomic E-state index is 12.8. The van der Waals surface area contributed by atoms with Gasteiger partial charge in [0.2, 0.25) is 0 Å². The molecule has 0 rings (SSSR count). The van der Waals surface area contributed by atoms with Gasteiger partial charge in [0.15, 0.2) is 6.10 Å². The van der Waals surface area contributed by atoms with E-state index < -0.39 is 6.10 Å². The Kier molecular flexibility index (Phi) is 51.3. The van der Waals surface area contributed by atoms with Crippen LogP contribution in [-0.2, 0) is 28.6 Å². The topological polar surface area (TPSA) is 78.9 Å². The van der Waals surface area contributed by atoms with Crippen molar-refractivity contribution < 1.29 is 28.6 Å². The van der Waals surface area contributed by atoms with Crippen molar-refractivity contribution in [2.75, 3.05) is 13.2 Å². The van der Waals surface area contributed by atoms with E-state index in [0.717, 1.165) is 70.6 Å². The molecule has 376 valence electrons. The summed E-state index contributed by atoms with van der Waals surface area (Å²) in [5.74, 6) is -0.914. The van der Waals surface area contributed by atoms with Gasteiger partial charge < -0.3 is 14.2 Å². The van der Waals surface area contributed by atoms with Gasteiger partial charge in [0.1, 0.15) is 13.2 Å². The van der Waals surface area contributed by atoms with Gasteiger partial charge in [-0.2, -0.15) is 0 Å². The lowest BCUT2D eigenvalue weighted by molar-refractivity contribution is -0.167. The van der Waals surface area contributed by atoms with E-state index in [2.05, 4.69) is 39.0 Å². The zero-order valence-electron chi connectivity index (χ0n) is 43.0. The van der Waals surface area contributed by atoms with E-state index in [1.54, 1.807) is 0 Å². The lowest BCUT2D eigenvalue weighted by Crippen LogP contribution is -2.30. The zero-order valence-corrected chi connectivity index (χ0v) is 43.0. The molecule has 0 spiro atoms. The number of hydrogen-bond acceptors (Lipinski definition) is 6. The van der Waals surface area contributed by atoms with Gasteiger partial charge in [-0.1, -0.05) is 281 Å². The number of ether oxygens (including phenoxy) is 3. The maximum Gasteiger partial charge on any atom is 0.306 e. The molecule has 0 aliphatic carbocycles. The Morgan fingerprint density at radius 2 is 0.600 bits per heavy atom. The number of allylic oxidation sites excluding steroid dienone is 10. The minimum Gasteiger partial charge on any atom is -0.462 e. The van der Waals surface area contributed by atoms with Gasteiger partial charge in [0.25, 0.3) is 0 Å². The molecule has 0 saturated carbocycles. The van der Waals surface area contributed by atoms with E-state index in [9.17, 15) is 14.4 Å². The molecule has 0 fully saturated rings. The fourth-order valence-electron chi connectivity index (χ4n) is 7.99. The molecule has 0 aromatic heterocycles. The Balaban J connectivity index is 4.41. The molecule has 0 aliphatic rings. The Morgan fingerprint density at radius 3 is 0.938 bits per heavy atom. The molecule has 65 heavy (non-hydrogen) atoms. The molecule has 0 heterocycles. The van der Waals surface area contributed by atoms with Gasteiger partial charge in [-0.25, -0.2) is 0 Å². The van der Waals surface area contributed by atoms with Crippen LogP contribution < -0.4 is 0 Å². The van der Waals surface area contributed by atoms with Crippen LogP contribution in [0.2, 0.25) is 0 Å². The van der Waals surface area contributed by atoms with Crippen molar-refractivity contribution in [3.05, 3.63) is 60.8 Å². The summed E-state index contributed by atoms with van der Waals surface area (Å²) in [5.41, 5.74) is 0. The third-order valence-electron chi connectivity index (χ3n) is 12.2. The molecule has 0 aromatic rings. The molecule has 0 N–H and O–H groups in total. The summed E-state index contributed by atoms with van der Waals surface area (Å²) in [5, 5.41) is 0. The molecule has 0 radical (unpaired) electrons. The van der Waals surface area contributed by atoms with E-state index >= 15 is 0 Å². The molecule has 0 amide bonds. The number of carbonyl (C=O) groups excluding carboxylic acids is 3. The average molecular weight is 909 g/mol. The number of unbranched alkanes of at least 4 members (excludes halogenated alkanes) is 33. The highest BCUT2D eigenvalue weighted by Crippen LogP contribution is 2.17. The van der Waals surface area contributed by atoms with E-state index in [1.807, 2.05) is 42.5 Å². The minimum absolute atomic E-state index is 0.0841. The van der Waals surface area contributed by atoms with Gasteiger partial charge in [0.05, 0.1) is 0 Å². The first-order chi connectivity index (χ1) is 32.0. The fourth-order valence-corrected chi connectivity index (χ4v) is 7.99. The number of carbonyl (C=O) groups is 3. The smallest absolute Gasteiger partial charge is 0.306 e. The Labute approximate surface area is 402 Å². The van der Waals surface area contributed by atoms with Crippen molar-refractivity contribution in [2.45, 2.75) is 284 Å². The molecule has 0 saturated heterocycles. The molecular formula is C59H104O6. The first-order valence-corrected chi connectivity index (χ1v) is 27.9. The molecule has 0 aromatic carbocycles. The van der Waals surface area contributed by atoms with Gasteiger partial charge >= 0.3 is 17.9 Å². The van der Waals surface area contributed by atoms with Crippen LogP contribution in [0.4, 0.5) is 0 Å². The van der Waals surface area contributed by atoms with E-state index in [-0.39, 0.29) is 31.1 Å². The fraction of sp³-hybridized carbons (Fsp3) is 0.780. The molecule has 6 heteroatoms. The predicted octanol–water partition coefficient (Wildman–Crippen LogP) is 18.4. The second-order valence-corrected chi connectivity index (χ2v) is 18.6. The highest BCUT2D eigenvalue weighted by molar-refractivity contribution is 5.71. The third-order valence-corrected chi connectivity index (χ3v) is 12.2. The lowest BCUT2D eigenvalue weighted by Gasteiger charge is -2.18. The van der Waals surface area contributed by atoms with Gasteiger partial charge in [0, 0.05) is 19.3 Å². The second kappa shape index (κ2) is 53.7. The third kappa shape index (κ3) is 51.9. The normalized spacial score (nSPS) is 12.5. The van der Waals surface area contributed by atoms with E-state index in [0.29, 0.717) is 19.3 Å². The summed E-state index contributed by atoms with van der Waals surface area (Å²) in [6.45, 7) is 6.49. The molecular weight excluding hydrogens is 805 g/mol. The van der Waals surface area contributed by atoms with Crippen LogP contribution in [0.5, 0.6) is 0 Å². The first-order valence-electron chi connectivity index (χ1n) is 27.9. The van der Waals surface area contributed by atoms with Crippen molar-refractivity contribution in [1.82, 2.24) is 0 Å². The van der Waals surface area contributed by atoms with Gasteiger partial charge in [-0.3, -0.25) is 14.4 Å². The number of rotatable bonds is 50. The summed E-state index contributed by atoms with van der Waals surface area (Å²) >= 11 is 0. The highest BCUT2D eigenvalue weighted by Gasteiger charge is 2.19. The van der Waals surface area contributed by atoms with Crippen molar-refractivity contribution in [1.29, 1.82) is 0 Å². The Morgan fingerprint density at radius 1 is 0.323 bits per heavy atom. The first kappa shape index (κ1) is 62.1. The van der Waals surface area contributed by atoms with Crippen molar-refractivity contribution in [3.8, 4) is 0 Å². The van der Waals surface area contributed by atoms with Crippen LogP contribution in [0, 0.1) is 0 Å². The molecule has 0 bridgehead atoms. The quantitative estimate of drug-likeness (QED) is 0.0262. The largest absolute Gasteiger partial charge is 0.462 e. The second-order valence-electron chi connectivity index (χ2n) is 18.6. The summed E-state index contributed by atoms with van der Waals surface area (Å²) in [6.07, 6.45) is 66.3. The van der Waals surface area contributed by atoms with Crippen LogP contribution >= 0.6 is 0 Å². The van der Waals surface area contributed by atoms with Crippen LogP contribution in [0.25, 0.3) is 0 Å². The molecule has 1 unspecified atom stereocenters. The number of hydrogen-bond donors (Lipinski definition) is 0. The van der Waals surface area contributed by atoms with Gasteiger partial charge in [-0.15, -0.1) is 0 Å². The van der Waals surface area contributed by atoms with Crippen LogP contribution in [0.15, 0.2) is 60.8 Å². The lowest BCUT2D eigenvalue weighted by atomic mass is 10.0. The summed E-state index contributed by atoms with van der Waals surface area (Å²) in [6, 6.07) is 0. The Hall–Kier alpha value is -2.89. The molecule has 0 aliphatic heterocycles.